The normalized spacial score (nSPS) is 12.1. The van der Waals surface area contributed by atoms with Crippen LogP contribution in [0.4, 0.5) is 17.1 Å². The van der Waals surface area contributed by atoms with Gasteiger partial charge in [-0.1, -0.05) is 148 Å². The van der Waals surface area contributed by atoms with Crippen LogP contribution in [0.25, 0.3) is 75.1 Å². The fraction of sp³-hybridized carbons (Fsp3) is 0.0800. The van der Waals surface area contributed by atoms with Gasteiger partial charge in [0.15, 0.2) is 0 Å². The van der Waals surface area contributed by atoms with Crippen LogP contribution in [0.2, 0.25) is 0 Å². The number of benzene rings is 8. The number of nitrogens with zero attached hydrogens (tertiary/aromatic N) is 1. The van der Waals surface area contributed by atoms with Crippen molar-refractivity contribution in [2.75, 3.05) is 4.90 Å². The van der Waals surface area contributed by atoms with Crippen molar-refractivity contribution in [3.63, 3.8) is 0 Å². The Morgan fingerprint density at radius 3 is 1.79 bits per heavy atom. The van der Waals surface area contributed by atoms with Crippen LogP contribution in [-0.4, -0.2) is 0 Å². The van der Waals surface area contributed by atoms with E-state index in [-0.39, 0.29) is 5.41 Å². The van der Waals surface area contributed by atoms with E-state index in [0.29, 0.717) is 0 Å². The molecule has 0 N–H and O–H groups in total. The van der Waals surface area contributed by atoms with E-state index < -0.39 is 0 Å². The molecule has 0 saturated carbocycles. The molecule has 10 aromatic rings. The molecular formula is C50H37NOS. The van der Waals surface area contributed by atoms with E-state index in [4.69, 9.17) is 4.42 Å². The van der Waals surface area contributed by atoms with Gasteiger partial charge in [0.1, 0.15) is 11.2 Å². The van der Waals surface area contributed by atoms with Gasteiger partial charge < -0.3 is 9.32 Å². The lowest BCUT2D eigenvalue weighted by Crippen LogP contribution is -2.14. The third-order valence-electron chi connectivity index (χ3n) is 10.6. The summed E-state index contributed by atoms with van der Waals surface area (Å²) in [6, 6.07) is 61.5. The van der Waals surface area contributed by atoms with E-state index >= 15 is 0 Å². The van der Waals surface area contributed by atoms with Crippen molar-refractivity contribution in [3.05, 3.63) is 175 Å². The molecule has 0 bridgehead atoms. The Labute approximate surface area is 313 Å². The van der Waals surface area contributed by atoms with Crippen molar-refractivity contribution in [3.8, 4) is 22.3 Å². The first-order valence-corrected chi connectivity index (χ1v) is 19.1. The summed E-state index contributed by atoms with van der Waals surface area (Å²) in [7, 11) is 0. The maximum absolute atomic E-state index is 6.41. The summed E-state index contributed by atoms with van der Waals surface area (Å²) in [5, 5.41) is 7.39. The number of anilines is 3. The second-order valence-electron chi connectivity index (χ2n) is 14.9. The van der Waals surface area contributed by atoms with Crippen LogP contribution in [0.3, 0.4) is 0 Å². The van der Waals surface area contributed by atoms with E-state index in [1.807, 2.05) is 11.3 Å². The Kier molecular flexibility index (Phi) is 7.28. The van der Waals surface area contributed by atoms with Gasteiger partial charge in [-0.25, -0.2) is 0 Å². The Morgan fingerprint density at radius 1 is 0.434 bits per heavy atom. The standard InChI is InChI=1S/C50H37NOS/c1-50(2,3)41-28-30-43(49-46(41)40-27-31-45-47(48(40)53-49)39-20-12-13-21-44(39)52-45)51(35-24-22-33(23-25-35)32-14-6-4-7-15-32)42-29-26-36(34-16-8-5-9-17-34)37-18-10-11-19-38(37)42/h4-31H,1-3H3. The average molecular weight is 700 g/mol. The van der Waals surface area contributed by atoms with E-state index in [9.17, 15) is 0 Å². The van der Waals surface area contributed by atoms with Gasteiger partial charge in [-0.3, -0.25) is 0 Å². The first-order chi connectivity index (χ1) is 25.9. The van der Waals surface area contributed by atoms with Crippen LogP contribution in [-0.2, 0) is 5.41 Å². The van der Waals surface area contributed by atoms with Crippen molar-refractivity contribution in [2.45, 2.75) is 26.2 Å². The largest absolute Gasteiger partial charge is 0.456 e. The van der Waals surface area contributed by atoms with Gasteiger partial charge in [0, 0.05) is 37.3 Å². The lowest BCUT2D eigenvalue weighted by molar-refractivity contribution is 0.596. The van der Waals surface area contributed by atoms with Crippen LogP contribution in [0.1, 0.15) is 26.3 Å². The third-order valence-corrected chi connectivity index (χ3v) is 11.9. The SMILES string of the molecule is CC(C)(C)c1ccc(N(c2ccc(-c3ccccc3)cc2)c2ccc(-c3ccccc3)c3ccccc23)c2sc3c(ccc4oc5ccccc5c43)c12. The van der Waals surface area contributed by atoms with Gasteiger partial charge >= 0.3 is 0 Å². The zero-order valence-electron chi connectivity index (χ0n) is 29.9. The Bertz CT molecular complexity index is 2970. The highest BCUT2D eigenvalue weighted by Gasteiger charge is 2.27. The van der Waals surface area contributed by atoms with E-state index in [0.717, 1.165) is 27.9 Å². The smallest absolute Gasteiger partial charge is 0.136 e. The van der Waals surface area contributed by atoms with Gasteiger partial charge in [-0.2, -0.15) is 0 Å². The number of hydrogen-bond donors (Lipinski definition) is 0. The van der Waals surface area contributed by atoms with Crippen LogP contribution < -0.4 is 4.90 Å². The summed E-state index contributed by atoms with van der Waals surface area (Å²) in [6.45, 7) is 6.98. The van der Waals surface area contributed by atoms with Crippen molar-refractivity contribution >= 4 is 81.3 Å². The molecule has 0 saturated heterocycles. The predicted molar refractivity (Wildman–Crippen MR) is 228 cm³/mol. The third kappa shape index (κ3) is 5.15. The van der Waals surface area contributed by atoms with Crippen LogP contribution >= 0.6 is 11.3 Å². The van der Waals surface area contributed by atoms with Crippen LogP contribution in [0.15, 0.2) is 174 Å². The van der Waals surface area contributed by atoms with E-state index in [1.54, 1.807) is 0 Å². The molecule has 10 rings (SSSR count). The highest BCUT2D eigenvalue weighted by atomic mass is 32.1. The topological polar surface area (TPSA) is 16.4 Å². The Morgan fingerprint density at radius 2 is 1.06 bits per heavy atom. The van der Waals surface area contributed by atoms with Crippen molar-refractivity contribution in [1.82, 2.24) is 0 Å². The number of hydrogen-bond acceptors (Lipinski definition) is 3. The highest BCUT2D eigenvalue weighted by Crippen LogP contribution is 2.52. The summed E-state index contributed by atoms with van der Waals surface area (Å²) >= 11 is 1.89. The molecular weight excluding hydrogens is 663 g/mol. The zero-order chi connectivity index (χ0) is 35.7. The Balaban J connectivity index is 1.29. The van der Waals surface area contributed by atoms with E-state index in [1.165, 1.54) is 69.8 Å². The predicted octanol–water partition coefficient (Wildman–Crippen LogP) is 15.2. The molecule has 0 amide bonds. The average Bonchev–Trinajstić information content (AvgIpc) is 3.78. The molecule has 53 heavy (non-hydrogen) atoms. The summed E-state index contributed by atoms with van der Waals surface area (Å²) in [4.78, 5) is 2.49. The number of rotatable bonds is 5. The summed E-state index contributed by atoms with van der Waals surface area (Å²) < 4.78 is 8.95. The fourth-order valence-corrected chi connectivity index (χ4v) is 9.51. The second-order valence-corrected chi connectivity index (χ2v) is 15.9. The van der Waals surface area contributed by atoms with Crippen molar-refractivity contribution in [2.24, 2.45) is 0 Å². The molecule has 0 atom stereocenters. The molecule has 0 aliphatic rings. The first kappa shape index (κ1) is 31.6. The Hall–Kier alpha value is -6.16. The maximum atomic E-state index is 6.41. The molecule has 0 aliphatic carbocycles. The minimum atomic E-state index is -0.0651. The van der Waals surface area contributed by atoms with Crippen LogP contribution in [0, 0.1) is 0 Å². The summed E-state index contributed by atoms with van der Waals surface area (Å²) in [5.74, 6) is 0. The van der Waals surface area contributed by atoms with Gasteiger partial charge in [0.05, 0.1) is 16.1 Å². The molecule has 0 fully saturated rings. The number of thiophene rings is 1. The molecule has 0 radical (unpaired) electrons. The summed E-state index contributed by atoms with van der Waals surface area (Å²) in [5.41, 5.74) is 11.4. The van der Waals surface area contributed by atoms with Gasteiger partial charge in [0.25, 0.3) is 0 Å². The molecule has 254 valence electrons. The quantitative estimate of drug-likeness (QED) is 0.178. The number of furan rings is 1. The molecule has 8 aromatic carbocycles. The molecule has 0 spiro atoms. The van der Waals surface area contributed by atoms with E-state index in [2.05, 4.69) is 196 Å². The minimum Gasteiger partial charge on any atom is -0.456 e. The van der Waals surface area contributed by atoms with Crippen molar-refractivity contribution in [1.29, 1.82) is 0 Å². The first-order valence-electron chi connectivity index (χ1n) is 18.3. The molecule has 2 heterocycles. The van der Waals surface area contributed by atoms with Crippen LogP contribution in [0.5, 0.6) is 0 Å². The monoisotopic (exact) mass is 699 g/mol. The molecule has 2 aromatic heterocycles. The minimum absolute atomic E-state index is 0.0651. The lowest BCUT2D eigenvalue weighted by Gasteiger charge is -2.30. The molecule has 3 heteroatoms. The fourth-order valence-electron chi connectivity index (χ4n) is 8.12. The number of para-hydroxylation sites is 1. The van der Waals surface area contributed by atoms with Gasteiger partial charge in [-0.15, -0.1) is 11.3 Å². The lowest BCUT2D eigenvalue weighted by atomic mass is 9.83. The van der Waals surface area contributed by atoms with Gasteiger partial charge in [0.2, 0.25) is 0 Å². The zero-order valence-corrected chi connectivity index (χ0v) is 30.7. The van der Waals surface area contributed by atoms with Crippen molar-refractivity contribution < 1.29 is 4.42 Å². The molecule has 0 unspecified atom stereocenters. The number of fused-ring (bicyclic) bond motifs is 8. The maximum Gasteiger partial charge on any atom is 0.136 e. The summed E-state index contributed by atoms with van der Waals surface area (Å²) in [6.07, 6.45) is 0. The highest BCUT2D eigenvalue weighted by molar-refractivity contribution is 7.27. The second kappa shape index (κ2) is 12.2. The molecule has 2 nitrogen and oxygen atoms in total. The molecule has 0 aliphatic heterocycles. The van der Waals surface area contributed by atoms with Gasteiger partial charge in [-0.05, 0) is 81.1 Å².